The van der Waals surface area contributed by atoms with Crippen molar-refractivity contribution in [2.75, 3.05) is 25.6 Å². The molecule has 1 unspecified atom stereocenters. The van der Waals surface area contributed by atoms with E-state index in [9.17, 15) is 9.18 Å². The van der Waals surface area contributed by atoms with E-state index in [1.165, 1.54) is 12.1 Å². The van der Waals surface area contributed by atoms with Crippen molar-refractivity contribution in [3.63, 3.8) is 0 Å². The summed E-state index contributed by atoms with van der Waals surface area (Å²) in [7, 11) is 0. The van der Waals surface area contributed by atoms with Crippen molar-refractivity contribution in [1.82, 2.24) is 4.90 Å². The Morgan fingerprint density at radius 2 is 2.33 bits per heavy atom. The van der Waals surface area contributed by atoms with Gasteiger partial charge in [-0.25, -0.2) is 4.39 Å². The Hall–Kier alpha value is -0.840. The van der Waals surface area contributed by atoms with Crippen molar-refractivity contribution in [2.24, 2.45) is 0 Å². The standard InChI is InChI=1S/C12H12Cl2FNO2/c13-6-9-7-16(3-4-18-9)12(17)8-1-2-10(14)11(15)5-8/h1-2,5,9H,3-4,6-7H2. The molecule has 1 atom stereocenters. The van der Waals surface area contributed by atoms with E-state index in [0.29, 0.717) is 25.6 Å². The van der Waals surface area contributed by atoms with E-state index >= 15 is 0 Å². The summed E-state index contributed by atoms with van der Waals surface area (Å²) in [5, 5.41) is 0.00663. The van der Waals surface area contributed by atoms with Crippen LogP contribution in [0, 0.1) is 5.82 Å². The molecule has 0 saturated carbocycles. The summed E-state index contributed by atoms with van der Waals surface area (Å²) in [6, 6.07) is 4.04. The number of carbonyl (C=O) groups excluding carboxylic acids is 1. The van der Waals surface area contributed by atoms with Crippen molar-refractivity contribution < 1.29 is 13.9 Å². The number of ether oxygens (including phenoxy) is 1. The van der Waals surface area contributed by atoms with Crippen LogP contribution in [0.1, 0.15) is 10.4 Å². The largest absolute Gasteiger partial charge is 0.373 e. The zero-order chi connectivity index (χ0) is 13.1. The number of halogens is 3. The van der Waals surface area contributed by atoms with Gasteiger partial charge < -0.3 is 9.64 Å². The van der Waals surface area contributed by atoms with Gasteiger partial charge in [0.15, 0.2) is 0 Å². The van der Waals surface area contributed by atoms with Crippen LogP contribution < -0.4 is 0 Å². The average Bonchev–Trinajstić information content (AvgIpc) is 2.41. The Morgan fingerprint density at radius 3 is 3.00 bits per heavy atom. The van der Waals surface area contributed by atoms with Crippen LogP contribution in [-0.2, 0) is 4.74 Å². The third-order valence-corrected chi connectivity index (χ3v) is 3.42. The molecule has 1 fully saturated rings. The van der Waals surface area contributed by atoms with Crippen molar-refractivity contribution >= 4 is 29.1 Å². The second-order valence-corrected chi connectivity index (χ2v) is 4.74. The van der Waals surface area contributed by atoms with E-state index in [4.69, 9.17) is 27.9 Å². The van der Waals surface area contributed by atoms with Gasteiger partial charge in [0.05, 0.1) is 23.6 Å². The summed E-state index contributed by atoms with van der Waals surface area (Å²) >= 11 is 11.3. The highest BCUT2D eigenvalue weighted by Gasteiger charge is 2.24. The first-order valence-electron chi connectivity index (χ1n) is 5.53. The summed E-state index contributed by atoms with van der Waals surface area (Å²) < 4.78 is 18.7. The smallest absolute Gasteiger partial charge is 0.254 e. The number of hydrogen-bond acceptors (Lipinski definition) is 2. The van der Waals surface area contributed by atoms with Crippen LogP contribution >= 0.6 is 23.2 Å². The summed E-state index contributed by atoms with van der Waals surface area (Å²) in [5.41, 5.74) is 0.284. The highest BCUT2D eigenvalue weighted by molar-refractivity contribution is 6.30. The van der Waals surface area contributed by atoms with E-state index in [2.05, 4.69) is 0 Å². The SMILES string of the molecule is O=C(c1ccc(Cl)c(F)c1)N1CCOC(CCl)C1. The van der Waals surface area contributed by atoms with E-state index < -0.39 is 5.82 Å². The fourth-order valence-corrected chi connectivity index (χ4v) is 2.11. The van der Waals surface area contributed by atoms with Gasteiger partial charge in [-0.05, 0) is 18.2 Å². The monoisotopic (exact) mass is 291 g/mol. The summed E-state index contributed by atoms with van der Waals surface area (Å²) in [5.74, 6) is -0.493. The molecule has 1 aromatic rings. The summed E-state index contributed by atoms with van der Waals surface area (Å²) in [6.07, 6.45) is -0.165. The van der Waals surface area contributed by atoms with Gasteiger partial charge in [0.2, 0.25) is 0 Å². The first kappa shape index (κ1) is 13.6. The first-order valence-corrected chi connectivity index (χ1v) is 6.45. The molecule has 18 heavy (non-hydrogen) atoms. The lowest BCUT2D eigenvalue weighted by molar-refractivity contribution is -0.0108. The van der Waals surface area contributed by atoms with Gasteiger partial charge >= 0.3 is 0 Å². The van der Waals surface area contributed by atoms with Crippen LogP contribution in [0.2, 0.25) is 5.02 Å². The topological polar surface area (TPSA) is 29.5 Å². The maximum absolute atomic E-state index is 13.3. The molecule has 0 aliphatic carbocycles. The van der Waals surface area contributed by atoms with E-state index in [1.807, 2.05) is 0 Å². The van der Waals surface area contributed by atoms with Gasteiger partial charge in [-0.15, -0.1) is 11.6 Å². The summed E-state index contributed by atoms with van der Waals surface area (Å²) in [4.78, 5) is 13.8. The van der Waals surface area contributed by atoms with Crippen molar-refractivity contribution in [3.05, 3.63) is 34.6 Å². The molecular weight excluding hydrogens is 280 g/mol. The molecule has 2 rings (SSSR count). The lowest BCUT2D eigenvalue weighted by Crippen LogP contribution is -2.46. The second-order valence-electron chi connectivity index (χ2n) is 4.03. The van der Waals surface area contributed by atoms with E-state index in [1.54, 1.807) is 4.90 Å². The Morgan fingerprint density at radius 1 is 1.56 bits per heavy atom. The minimum atomic E-state index is -0.593. The molecule has 0 radical (unpaired) electrons. The third kappa shape index (κ3) is 2.94. The van der Waals surface area contributed by atoms with E-state index in [-0.39, 0.29) is 22.6 Å². The van der Waals surface area contributed by atoms with Crippen molar-refractivity contribution in [3.8, 4) is 0 Å². The van der Waals surface area contributed by atoms with Gasteiger partial charge in [-0.1, -0.05) is 11.6 Å². The van der Waals surface area contributed by atoms with E-state index in [0.717, 1.165) is 6.07 Å². The molecule has 3 nitrogen and oxygen atoms in total. The number of carbonyl (C=O) groups is 1. The number of nitrogens with zero attached hydrogens (tertiary/aromatic N) is 1. The van der Waals surface area contributed by atoms with Gasteiger partial charge in [0, 0.05) is 18.7 Å². The predicted octanol–water partition coefficient (Wildman–Crippen LogP) is 2.56. The molecule has 1 amide bonds. The molecule has 0 aromatic heterocycles. The maximum Gasteiger partial charge on any atom is 0.254 e. The number of hydrogen-bond donors (Lipinski definition) is 0. The molecule has 1 heterocycles. The lowest BCUT2D eigenvalue weighted by Gasteiger charge is -2.32. The summed E-state index contributed by atoms with van der Waals surface area (Å²) in [6.45, 7) is 1.35. The molecular formula is C12H12Cl2FNO2. The normalized spacial score (nSPS) is 19.9. The Balaban J connectivity index is 2.12. The number of benzene rings is 1. The molecule has 0 bridgehead atoms. The predicted molar refractivity (Wildman–Crippen MR) is 67.8 cm³/mol. The highest BCUT2D eigenvalue weighted by atomic mass is 35.5. The number of rotatable bonds is 2. The lowest BCUT2D eigenvalue weighted by atomic mass is 10.1. The number of amides is 1. The molecule has 0 spiro atoms. The maximum atomic E-state index is 13.3. The molecule has 0 N–H and O–H groups in total. The van der Waals surface area contributed by atoms with Crippen LogP contribution in [0.5, 0.6) is 0 Å². The van der Waals surface area contributed by atoms with Crippen LogP contribution in [0.3, 0.4) is 0 Å². The number of alkyl halides is 1. The van der Waals surface area contributed by atoms with Gasteiger partial charge in [-0.3, -0.25) is 4.79 Å². The van der Waals surface area contributed by atoms with Gasteiger partial charge in [0.25, 0.3) is 5.91 Å². The van der Waals surface area contributed by atoms with Crippen LogP contribution in [0.4, 0.5) is 4.39 Å². The third-order valence-electron chi connectivity index (χ3n) is 2.76. The molecule has 1 aliphatic rings. The first-order chi connectivity index (χ1) is 8.61. The fraction of sp³-hybridized carbons (Fsp3) is 0.417. The molecule has 1 aliphatic heterocycles. The number of morpholine rings is 1. The Kier molecular flexibility index (Phi) is 4.43. The zero-order valence-electron chi connectivity index (χ0n) is 9.54. The highest BCUT2D eigenvalue weighted by Crippen LogP contribution is 2.18. The Labute approximate surface area is 114 Å². The zero-order valence-corrected chi connectivity index (χ0v) is 11.0. The second kappa shape index (κ2) is 5.87. The van der Waals surface area contributed by atoms with Crippen LogP contribution in [-0.4, -0.2) is 42.5 Å². The molecule has 98 valence electrons. The van der Waals surface area contributed by atoms with Crippen LogP contribution in [0.15, 0.2) is 18.2 Å². The fourth-order valence-electron chi connectivity index (χ4n) is 1.81. The van der Waals surface area contributed by atoms with Crippen molar-refractivity contribution in [2.45, 2.75) is 6.10 Å². The average molecular weight is 292 g/mol. The van der Waals surface area contributed by atoms with Crippen molar-refractivity contribution in [1.29, 1.82) is 0 Å². The van der Waals surface area contributed by atoms with Crippen LogP contribution in [0.25, 0.3) is 0 Å². The van der Waals surface area contributed by atoms with Gasteiger partial charge in [-0.2, -0.15) is 0 Å². The Bertz CT molecular complexity index is 456. The minimum absolute atomic E-state index is 0.00663. The molecule has 1 saturated heterocycles. The quantitative estimate of drug-likeness (QED) is 0.784. The minimum Gasteiger partial charge on any atom is -0.373 e. The molecule has 6 heteroatoms. The molecule has 1 aromatic carbocycles. The van der Waals surface area contributed by atoms with Gasteiger partial charge in [0.1, 0.15) is 5.82 Å².